The van der Waals surface area contributed by atoms with Gasteiger partial charge in [0.25, 0.3) is 11.8 Å². The third-order valence-corrected chi connectivity index (χ3v) is 8.14. The molecule has 0 N–H and O–H groups in total. The maximum Gasteiger partial charge on any atom is 0.409 e. The van der Waals surface area contributed by atoms with E-state index in [9.17, 15) is 23.0 Å². The Morgan fingerprint density at radius 2 is 1.61 bits per heavy atom. The number of fused-ring (bicyclic) bond motifs is 2. The van der Waals surface area contributed by atoms with E-state index in [1.54, 1.807) is 77.4 Å². The summed E-state index contributed by atoms with van der Waals surface area (Å²) in [6, 6.07) is 17.6. The van der Waals surface area contributed by atoms with Gasteiger partial charge in [0.1, 0.15) is 5.82 Å². The molecule has 8 nitrogen and oxygen atoms in total. The highest BCUT2D eigenvalue weighted by Crippen LogP contribution is 2.36. The first kappa shape index (κ1) is 25.6. The summed E-state index contributed by atoms with van der Waals surface area (Å²) in [4.78, 5) is 44.5. The Morgan fingerprint density at radius 3 is 2.34 bits per heavy atom. The summed E-state index contributed by atoms with van der Waals surface area (Å²) in [7, 11) is -1.69. The second kappa shape index (κ2) is 10.7. The number of carbonyl (C=O) groups excluding carboxylic acids is 3. The van der Waals surface area contributed by atoms with Crippen LogP contribution < -0.4 is 4.90 Å². The summed E-state index contributed by atoms with van der Waals surface area (Å²) in [6.45, 7) is 3.25. The zero-order chi connectivity index (χ0) is 26.8. The molecule has 10 heteroatoms. The molecular formula is C28H26FN3O5S. The predicted octanol–water partition coefficient (Wildman–Crippen LogP) is 4.07. The van der Waals surface area contributed by atoms with Gasteiger partial charge in [-0.2, -0.15) is 0 Å². The van der Waals surface area contributed by atoms with Crippen molar-refractivity contribution >= 4 is 34.4 Å². The number of ether oxygens (including phenoxy) is 1. The van der Waals surface area contributed by atoms with Crippen LogP contribution in [0, 0.1) is 5.82 Å². The molecule has 3 amide bonds. The third kappa shape index (κ3) is 4.79. The Balaban J connectivity index is 1.50. The molecule has 2 heterocycles. The number of benzene rings is 3. The summed E-state index contributed by atoms with van der Waals surface area (Å²) >= 11 is 0. The molecule has 3 aromatic rings. The van der Waals surface area contributed by atoms with Crippen molar-refractivity contribution in [3.05, 3.63) is 89.2 Å². The van der Waals surface area contributed by atoms with Gasteiger partial charge in [-0.25, -0.2) is 13.4 Å². The largest absolute Gasteiger partial charge is 0.450 e. The fraction of sp³-hybridized carbons (Fsp3) is 0.250. The molecule has 0 spiro atoms. The minimum absolute atomic E-state index is 0.0973. The van der Waals surface area contributed by atoms with Crippen LogP contribution in [0.4, 0.5) is 14.9 Å². The maximum atomic E-state index is 14.6. The third-order valence-electron chi connectivity index (χ3n) is 6.64. The summed E-state index contributed by atoms with van der Waals surface area (Å²) in [5.41, 5.74) is 1.16. The van der Waals surface area contributed by atoms with E-state index >= 15 is 0 Å². The average Bonchev–Trinajstić information content (AvgIpc) is 3.03. The van der Waals surface area contributed by atoms with Crippen LogP contribution >= 0.6 is 0 Å². The number of piperazine rings is 1. The lowest BCUT2D eigenvalue weighted by molar-refractivity contribution is 0.0570. The first-order valence-corrected chi connectivity index (χ1v) is 13.4. The van der Waals surface area contributed by atoms with Gasteiger partial charge < -0.3 is 19.4 Å². The molecule has 5 rings (SSSR count). The molecule has 196 valence electrons. The van der Waals surface area contributed by atoms with Crippen LogP contribution in [0.25, 0.3) is 0 Å². The molecule has 0 radical (unpaired) electrons. The lowest BCUT2D eigenvalue weighted by Gasteiger charge is -2.34. The Morgan fingerprint density at radius 1 is 0.921 bits per heavy atom. The molecule has 0 saturated carbocycles. The van der Waals surface area contributed by atoms with Gasteiger partial charge in [-0.15, -0.1) is 0 Å². The van der Waals surface area contributed by atoms with Crippen LogP contribution in [0.2, 0.25) is 0 Å². The number of rotatable bonds is 4. The molecule has 0 bridgehead atoms. The van der Waals surface area contributed by atoms with Crippen molar-refractivity contribution in [3.63, 3.8) is 0 Å². The highest BCUT2D eigenvalue weighted by molar-refractivity contribution is 7.85. The van der Waals surface area contributed by atoms with Gasteiger partial charge in [-0.05, 0) is 43.3 Å². The number of halogens is 1. The Bertz CT molecular complexity index is 1440. The van der Waals surface area contributed by atoms with Gasteiger partial charge in [-0.1, -0.05) is 30.3 Å². The smallest absolute Gasteiger partial charge is 0.409 e. The van der Waals surface area contributed by atoms with Crippen molar-refractivity contribution in [1.82, 2.24) is 9.80 Å². The minimum Gasteiger partial charge on any atom is -0.450 e. The second-order valence-electron chi connectivity index (χ2n) is 8.91. The van der Waals surface area contributed by atoms with Crippen LogP contribution in [0.5, 0.6) is 0 Å². The fourth-order valence-electron chi connectivity index (χ4n) is 4.64. The summed E-state index contributed by atoms with van der Waals surface area (Å²) in [6.07, 6.45) is -0.408. The topological polar surface area (TPSA) is 87.2 Å². The Hall–Kier alpha value is -4.05. The molecule has 0 unspecified atom stereocenters. The molecular weight excluding hydrogens is 509 g/mol. The van der Waals surface area contributed by atoms with E-state index in [4.69, 9.17) is 4.74 Å². The van der Waals surface area contributed by atoms with Crippen molar-refractivity contribution in [2.24, 2.45) is 0 Å². The zero-order valence-electron chi connectivity index (χ0n) is 20.8. The quantitative estimate of drug-likeness (QED) is 0.503. The van der Waals surface area contributed by atoms with E-state index in [1.807, 2.05) is 0 Å². The van der Waals surface area contributed by atoms with Gasteiger partial charge >= 0.3 is 6.09 Å². The van der Waals surface area contributed by atoms with Crippen LogP contribution in [0.3, 0.4) is 0 Å². The normalized spacial score (nSPS) is 16.9. The van der Waals surface area contributed by atoms with E-state index < -0.39 is 28.6 Å². The first-order chi connectivity index (χ1) is 18.4. The van der Waals surface area contributed by atoms with Crippen LogP contribution in [-0.4, -0.2) is 64.7 Å². The van der Waals surface area contributed by atoms with Gasteiger partial charge in [0.15, 0.2) is 0 Å². The highest BCUT2D eigenvalue weighted by Gasteiger charge is 2.33. The average molecular weight is 536 g/mol. The van der Waals surface area contributed by atoms with Gasteiger partial charge in [0, 0.05) is 37.3 Å². The number of hydrogen-bond donors (Lipinski definition) is 0. The van der Waals surface area contributed by atoms with Crippen molar-refractivity contribution in [2.75, 3.05) is 37.7 Å². The van der Waals surface area contributed by atoms with E-state index in [2.05, 4.69) is 0 Å². The van der Waals surface area contributed by atoms with E-state index in [1.165, 1.54) is 11.0 Å². The maximum absolute atomic E-state index is 14.6. The van der Waals surface area contributed by atoms with Crippen molar-refractivity contribution in [2.45, 2.75) is 23.3 Å². The fourth-order valence-corrected chi connectivity index (χ4v) is 5.98. The zero-order valence-corrected chi connectivity index (χ0v) is 21.6. The van der Waals surface area contributed by atoms with Crippen molar-refractivity contribution < 1.29 is 27.7 Å². The molecule has 38 heavy (non-hydrogen) atoms. The van der Waals surface area contributed by atoms with Crippen LogP contribution in [-0.2, 0) is 22.1 Å². The lowest BCUT2D eigenvalue weighted by atomic mass is 10.1. The molecule has 0 aliphatic carbocycles. The van der Waals surface area contributed by atoms with Crippen molar-refractivity contribution in [1.29, 1.82) is 0 Å². The van der Waals surface area contributed by atoms with Gasteiger partial charge in [-0.3, -0.25) is 9.59 Å². The minimum atomic E-state index is -1.69. The summed E-state index contributed by atoms with van der Waals surface area (Å²) in [5.74, 6) is -1.17. The van der Waals surface area contributed by atoms with Gasteiger partial charge in [0.05, 0.1) is 45.0 Å². The van der Waals surface area contributed by atoms with Gasteiger partial charge in [0.2, 0.25) is 0 Å². The SMILES string of the molecule is CCOC(=O)N1CCN(C(=O)c2ccc3c(c2)N(Cc2ccccc2F)C(=O)c2ccccc2[S@@]3=O)CC1. The Labute approximate surface area is 222 Å². The monoisotopic (exact) mass is 535 g/mol. The van der Waals surface area contributed by atoms with E-state index in [-0.39, 0.29) is 24.6 Å². The molecule has 2 aliphatic heterocycles. The second-order valence-corrected chi connectivity index (χ2v) is 10.3. The molecule has 1 atom stereocenters. The lowest BCUT2D eigenvalue weighted by Crippen LogP contribution is -2.50. The number of amides is 3. The standard InChI is InChI=1S/C28H26FN3O5S/c1-2-37-28(35)31-15-13-30(14-16-31)26(33)19-11-12-25-23(17-19)32(18-20-7-3-5-9-22(20)29)27(34)21-8-4-6-10-24(21)38(25)36/h3-12,17H,2,13-16,18H2,1H3/t38-/m0/s1. The number of carbonyl (C=O) groups is 3. The molecule has 0 aromatic heterocycles. The molecule has 1 fully saturated rings. The van der Waals surface area contributed by atoms with Crippen molar-refractivity contribution in [3.8, 4) is 0 Å². The summed E-state index contributed by atoms with van der Waals surface area (Å²) in [5, 5.41) is 0. The Kier molecular flexibility index (Phi) is 7.24. The van der Waals surface area contributed by atoms with Crippen LogP contribution in [0.1, 0.15) is 33.2 Å². The number of anilines is 1. The number of nitrogens with zero attached hydrogens (tertiary/aromatic N) is 3. The predicted molar refractivity (Wildman–Crippen MR) is 139 cm³/mol. The summed E-state index contributed by atoms with van der Waals surface area (Å²) < 4.78 is 33.2. The number of hydrogen-bond acceptors (Lipinski definition) is 5. The van der Waals surface area contributed by atoms with E-state index in [0.717, 1.165) is 0 Å². The van der Waals surface area contributed by atoms with Crippen LogP contribution in [0.15, 0.2) is 76.5 Å². The first-order valence-electron chi connectivity index (χ1n) is 12.3. The molecule has 1 saturated heterocycles. The molecule has 3 aromatic carbocycles. The highest BCUT2D eigenvalue weighted by atomic mass is 32.2. The van der Waals surface area contributed by atoms with E-state index in [0.29, 0.717) is 52.8 Å². The molecule has 2 aliphatic rings.